The third-order valence-electron chi connectivity index (χ3n) is 6.94. The van der Waals surface area contributed by atoms with Crippen LogP contribution in [-0.4, -0.2) is 45.7 Å². The Kier molecular flexibility index (Phi) is 13.0. The molecule has 0 N–H and O–H groups in total. The summed E-state index contributed by atoms with van der Waals surface area (Å²) in [6.45, 7) is 0.946. The van der Waals surface area contributed by atoms with E-state index in [0.717, 1.165) is 16.7 Å². The molecule has 0 spiro atoms. The second kappa shape index (κ2) is 17.3. The summed E-state index contributed by atoms with van der Waals surface area (Å²) in [7, 11) is 4.18. The average Bonchev–Trinajstić information content (AvgIpc) is 3.10. The number of carbonyl (C=O) groups is 1. The summed E-state index contributed by atoms with van der Waals surface area (Å²) in [6, 6.07) is 36.6. The molecule has 1 atom stereocenters. The van der Waals surface area contributed by atoms with Gasteiger partial charge >= 0.3 is 0 Å². The van der Waals surface area contributed by atoms with Crippen LogP contribution in [0, 0.1) is 0 Å². The van der Waals surface area contributed by atoms with E-state index >= 15 is 0 Å². The van der Waals surface area contributed by atoms with Crippen molar-refractivity contribution in [1.29, 1.82) is 0 Å². The minimum absolute atomic E-state index is 0. The fourth-order valence-electron chi connectivity index (χ4n) is 4.62. The molecule has 46 heavy (non-hydrogen) atoms. The van der Waals surface area contributed by atoms with Gasteiger partial charge in [-0.15, -0.1) is 0 Å². The molecule has 5 rings (SSSR count). The van der Waals surface area contributed by atoms with Crippen molar-refractivity contribution in [2.45, 2.75) is 19.8 Å². The molecule has 0 aliphatic heterocycles. The molecule has 231 valence electrons. The van der Waals surface area contributed by atoms with Crippen LogP contribution < -0.4 is 33.7 Å². The topological polar surface area (TPSA) is 72.5 Å². The maximum Gasteiger partial charge on any atom is 0.193 e. The normalized spacial score (nSPS) is 10.6. The zero-order chi connectivity index (χ0) is 31.4. The minimum Gasteiger partial charge on any atom is -0.496 e. The Morgan fingerprint density at radius 2 is 0.913 bits per heavy atom. The smallest absolute Gasteiger partial charge is 0.193 e. The number of hydrogen-bond acceptors (Lipinski definition) is 7. The standard InChI is InChI=1S/C37H35O7P.Li/c1-39-29-19-31(40-2)35(32(20-29)41-3)37(38)45-36-33(43-24-27-15-9-5-10-16-27)21-30(42-23-26-13-7-4-8-14-26)22-34(36)44-25-28-17-11-6-12-18-28;/h4-22,45H,23-25H2,1-3H3;. The number of benzene rings is 5. The predicted molar refractivity (Wildman–Crippen MR) is 183 cm³/mol. The van der Waals surface area contributed by atoms with Crippen LogP contribution in [0.5, 0.6) is 34.5 Å². The van der Waals surface area contributed by atoms with Crippen LogP contribution in [0.2, 0.25) is 0 Å². The van der Waals surface area contributed by atoms with Crippen LogP contribution in [-0.2, 0) is 19.8 Å². The first-order valence-corrected chi connectivity index (χ1v) is 15.4. The Bertz CT molecular complexity index is 1610. The van der Waals surface area contributed by atoms with Gasteiger partial charge in [-0.25, -0.2) is 0 Å². The third kappa shape index (κ3) is 9.08. The Balaban J connectivity index is 0.00000480. The summed E-state index contributed by atoms with van der Waals surface area (Å²) < 4.78 is 35.6. The first kappa shape index (κ1) is 34.5. The summed E-state index contributed by atoms with van der Waals surface area (Å²) in [4.78, 5) is 14.1. The van der Waals surface area contributed by atoms with Gasteiger partial charge in [-0.05, 0) is 25.3 Å². The van der Waals surface area contributed by atoms with Crippen molar-refractivity contribution < 1.29 is 33.2 Å². The molecular weight excluding hydrogens is 594 g/mol. The number of hydrogen-bond donors (Lipinski definition) is 0. The van der Waals surface area contributed by atoms with Gasteiger partial charge in [0.2, 0.25) is 0 Å². The molecule has 0 heterocycles. The number of rotatable bonds is 15. The van der Waals surface area contributed by atoms with E-state index in [1.807, 2.05) is 103 Å². The maximum absolute atomic E-state index is 14.1. The third-order valence-corrected chi connectivity index (χ3v) is 8.16. The Morgan fingerprint density at radius 3 is 1.30 bits per heavy atom. The minimum atomic E-state index is -0.389. The van der Waals surface area contributed by atoms with Crippen molar-refractivity contribution >= 4 is 38.3 Å². The molecule has 9 heteroatoms. The van der Waals surface area contributed by atoms with Gasteiger partial charge in [-0.3, -0.25) is 4.79 Å². The molecule has 0 bridgehead atoms. The molecule has 1 unspecified atom stereocenters. The number of ether oxygens (including phenoxy) is 6. The molecule has 0 saturated carbocycles. The summed E-state index contributed by atoms with van der Waals surface area (Å²) in [5.74, 6) is 2.76. The molecule has 7 nitrogen and oxygen atoms in total. The molecule has 0 amide bonds. The summed E-state index contributed by atoms with van der Waals surface area (Å²) in [5, 5.41) is 0.610. The van der Waals surface area contributed by atoms with Crippen molar-refractivity contribution in [2.24, 2.45) is 0 Å². The summed E-state index contributed by atoms with van der Waals surface area (Å²) in [6.07, 6.45) is 0. The maximum atomic E-state index is 14.1. The quantitative estimate of drug-likeness (QED) is 0.0895. The van der Waals surface area contributed by atoms with Gasteiger partial charge in [0.25, 0.3) is 0 Å². The van der Waals surface area contributed by atoms with Crippen LogP contribution >= 0.6 is 8.58 Å². The zero-order valence-electron chi connectivity index (χ0n) is 26.4. The van der Waals surface area contributed by atoms with Crippen molar-refractivity contribution in [3.05, 3.63) is 138 Å². The van der Waals surface area contributed by atoms with Crippen molar-refractivity contribution in [2.75, 3.05) is 21.3 Å². The molecule has 5 aromatic carbocycles. The summed E-state index contributed by atoms with van der Waals surface area (Å²) in [5.41, 5.74) is 3.10. The molecule has 0 aliphatic rings. The predicted octanol–water partition coefficient (Wildman–Crippen LogP) is 7.21. The zero-order valence-corrected chi connectivity index (χ0v) is 27.4. The van der Waals surface area contributed by atoms with E-state index in [2.05, 4.69) is 0 Å². The van der Waals surface area contributed by atoms with Crippen molar-refractivity contribution in [1.82, 2.24) is 0 Å². The molecule has 0 aliphatic carbocycles. The Morgan fingerprint density at radius 1 is 0.522 bits per heavy atom. The fourth-order valence-corrected chi connectivity index (χ4v) is 5.75. The van der Waals surface area contributed by atoms with E-state index < -0.39 is 0 Å². The first-order valence-electron chi connectivity index (χ1n) is 14.4. The van der Waals surface area contributed by atoms with Crippen LogP contribution in [0.25, 0.3) is 0 Å². The second-order valence-electron chi connectivity index (χ2n) is 9.98. The first-order chi connectivity index (χ1) is 22.1. The van der Waals surface area contributed by atoms with E-state index in [0.29, 0.717) is 65.2 Å². The largest absolute Gasteiger partial charge is 0.496 e. The molecular formula is C37H35LiO7P. The van der Waals surface area contributed by atoms with E-state index in [-0.39, 0.29) is 33.0 Å². The van der Waals surface area contributed by atoms with Gasteiger partial charge in [0.1, 0.15) is 59.9 Å². The van der Waals surface area contributed by atoms with Crippen molar-refractivity contribution in [3.63, 3.8) is 0 Å². The average molecular weight is 630 g/mol. The molecule has 0 saturated heterocycles. The summed E-state index contributed by atoms with van der Waals surface area (Å²) >= 11 is 0. The number of carbonyl (C=O) groups excluding carboxylic acids is 1. The van der Waals surface area contributed by atoms with Gasteiger partial charge in [-0.2, -0.15) is 0 Å². The van der Waals surface area contributed by atoms with Gasteiger partial charge in [0, 0.05) is 43.1 Å². The molecule has 1 radical (unpaired) electrons. The molecule has 0 aromatic heterocycles. The van der Waals surface area contributed by atoms with Crippen molar-refractivity contribution in [3.8, 4) is 34.5 Å². The molecule has 5 aromatic rings. The van der Waals surface area contributed by atoms with Crippen LogP contribution in [0.1, 0.15) is 27.0 Å². The van der Waals surface area contributed by atoms with Gasteiger partial charge in [0.15, 0.2) is 5.52 Å². The van der Waals surface area contributed by atoms with Gasteiger partial charge < -0.3 is 28.4 Å². The van der Waals surface area contributed by atoms with E-state index in [9.17, 15) is 4.79 Å². The monoisotopic (exact) mass is 629 g/mol. The van der Waals surface area contributed by atoms with E-state index in [4.69, 9.17) is 28.4 Å². The van der Waals surface area contributed by atoms with Crippen LogP contribution in [0.4, 0.5) is 0 Å². The second-order valence-corrected chi connectivity index (χ2v) is 11.2. The number of methoxy groups -OCH3 is 3. The fraction of sp³-hybridized carbons (Fsp3) is 0.162. The van der Waals surface area contributed by atoms with E-state index in [1.54, 1.807) is 19.2 Å². The Labute approximate surface area is 283 Å². The molecule has 0 fully saturated rings. The van der Waals surface area contributed by atoms with Gasteiger partial charge in [-0.1, -0.05) is 91.0 Å². The van der Waals surface area contributed by atoms with Gasteiger partial charge in [0.05, 0.1) is 26.6 Å². The van der Waals surface area contributed by atoms with Crippen LogP contribution in [0.3, 0.4) is 0 Å². The SMILES string of the molecule is COc1cc(OC)c(C(=O)Pc2c(OCc3ccccc3)cc(OCc3ccccc3)cc2OCc2ccccc2)c(OC)c1.[Li]. The Hall–Kier alpha value is -4.40. The van der Waals surface area contributed by atoms with Crippen LogP contribution in [0.15, 0.2) is 115 Å². The van der Waals surface area contributed by atoms with E-state index in [1.165, 1.54) is 14.2 Å².